The van der Waals surface area contributed by atoms with Crippen molar-refractivity contribution in [3.05, 3.63) is 17.0 Å². The van der Waals surface area contributed by atoms with Crippen LogP contribution in [0.25, 0.3) is 0 Å². The van der Waals surface area contributed by atoms with Crippen molar-refractivity contribution in [3.8, 4) is 0 Å². The number of nitrogens with zero attached hydrogens (tertiary/aromatic N) is 3. The molecule has 3 N–H and O–H groups in total. The summed E-state index contributed by atoms with van der Waals surface area (Å²) in [5.41, 5.74) is 8.34. The second-order valence-corrected chi connectivity index (χ2v) is 5.06. The molecule has 0 aliphatic heterocycles. The number of aliphatic hydroxyl groups is 1. The molecular formula is C13H24N4O2. The average Bonchev–Trinajstić information content (AvgIpc) is 2.55. The van der Waals surface area contributed by atoms with Crippen LogP contribution in [0, 0.1) is 13.8 Å². The van der Waals surface area contributed by atoms with Crippen LogP contribution in [-0.4, -0.2) is 44.9 Å². The lowest BCUT2D eigenvalue weighted by Gasteiger charge is -2.25. The second kappa shape index (κ2) is 6.68. The number of aromatic nitrogens is 2. The minimum atomic E-state index is -0.327. The summed E-state index contributed by atoms with van der Waals surface area (Å²) >= 11 is 0. The molecule has 1 amide bonds. The van der Waals surface area contributed by atoms with Gasteiger partial charge in [0.05, 0.1) is 25.4 Å². The van der Waals surface area contributed by atoms with Crippen LogP contribution in [-0.2, 0) is 17.9 Å². The molecule has 19 heavy (non-hydrogen) atoms. The number of primary amides is 1. The van der Waals surface area contributed by atoms with Crippen LogP contribution < -0.4 is 5.73 Å². The fourth-order valence-corrected chi connectivity index (χ4v) is 2.10. The molecule has 0 saturated carbocycles. The van der Waals surface area contributed by atoms with Crippen molar-refractivity contribution in [3.63, 3.8) is 0 Å². The highest BCUT2D eigenvalue weighted by Gasteiger charge is 2.18. The number of amides is 1. The zero-order valence-corrected chi connectivity index (χ0v) is 12.2. The van der Waals surface area contributed by atoms with E-state index in [0.29, 0.717) is 13.1 Å². The Morgan fingerprint density at radius 3 is 2.58 bits per heavy atom. The lowest BCUT2D eigenvalue weighted by molar-refractivity contribution is -0.119. The zero-order valence-electron chi connectivity index (χ0n) is 12.2. The van der Waals surface area contributed by atoms with Crippen molar-refractivity contribution >= 4 is 5.91 Å². The van der Waals surface area contributed by atoms with Gasteiger partial charge in [0, 0.05) is 23.8 Å². The SMILES string of the molecule is Cc1nn(CCO)c(C)c1CN(CC(N)=O)C(C)C. The van der Waals surface area contributed by atoms with Gasteiger partial charge in [-0.3, -0.25) is 14.4 Å². The lowest BCUT2D eigenvalue weighted by Crippen LogP contribution is -2.38. The number of carbonyl (C=O) groups is 1. The molecule has 0 radical (unpaired) electrons. The molecule has 108 valence electrons. The predicted octanol–water partition coefficient (Wildman–Crippen LogP) is 0.188. The van der Waals surface area contributed by atoms with Crippen LogP contribution in [0.5, 0.6) is 0 Å². The largest absolute Gasteiger partial charge is 0.394 e. The highest BCUT2D eigenvalue weighted by Crippen LogP contribution is 2.16. The number of aryl methyl sites for hydroxylation is 1. The van der Waals surface area contributed by atoms with Crippen molar-refractivity contribution in [2.24, 2.45) is 5.73 Å². The van der Waals surface area contributed by atoms with E-state index >= 15 is 0 Å². The lowest BCUT2D eigenvalue weighted by atomic mass is 10.1. The Kier molecular flexibility index (Phi) is 5.50. The minimum Gasteiger partial charge on any atom is -0.394 e. The van der Waals surface area contributed by atoms with E-state index in [1.807, 2.05) is 32.6 Å². The zero-order chi connectivity index (χ0) is 14.6. The van der Waals surface area contributed by atoms with Gasteiger partial charge in [0.2, 0.25) is 5.91 Å². The number of hydrogen-bond donors (Lipinski definition) is 2. The van der Waals surface area contributed by atoms with Crippen LogP contribution >= 0.6 is 0 Å². The maximum Gasteiger partial charge on any atom is 0.231 e. The van der Waals surface area contributed by atoms with E-state index in [-0.39, 0.29) is 25.1 Å². The molecule has 0 unspecified atom stereocenters. The fourth-order valence-electron chi connectivity index (χ4n) is 2.10. The number of hydrogen-bond acceptors (Lipinski definition) is 4. The molecule has 1 aromatic rings. The molecule has 1 rings (SSSR count). The van der Waals surface area contributed by atoms with Crippen molar-refractivity contribution in [2.75, 3.05) is 13.2 Å². The molecular weight excluding hydrogens is 244 g/mol. The smallest absolute Gasteiger partial charge is 0.231 e. The summed E-state index contributed by atoms with van der Waals surface area (Å²) in [6, 6.07) is 0.229. The van der Waals surface area contributed by atoms with Gasteiger partial charge in [0.15, 0.2) is 0 Å². The predicted molar refractivity (Wildman–Crippen MR) is 73.5 cm³/mol. The van der Waals surface area contributed by atoms with E-state index < -0.39 is 0 Å². The van der Waals surface area contributed by atoms with Crippen LogP contribution in [0.2, 0.25) is 0 Å². The third-order valence-corrected chi connectivity index (χ3v) is 3.29. The number of rotatable bonds is 7. The summed E-state index contributed by atoms with van der Waals surface area (Å²) in [4.78, 5) is 13.1. The summed E-state index contributed by atoms with van der Waals surface area (Å²) in [6.07, 6.45) is 0. The topological polar surface area (TPSA) is 84.4 Å². The standard InChI is InChI=1S/C13H24N4O2/c1-9(2)16(8-13(14)19)7-12-10(3)15-17(5-6-18)11(12)4/h9,18H,5-8H2,1-4H3,(H2,14,19). The highest BCUT2D eigenvalue weighted by molar-refractivity contribution is 5.75. The quantitative estimate of drug-likeness (QED) is 0.739. The van der Waals surface area contributed by atoms with Crippen molar-refractivity contribution in [1.82, 2.24) is 14.7 Å². The monoisotopic (exact) mass is 268 g/mol. The van der Waals surface area contributed by atoms with E-state index in [1.54, 1.807) is 4.68 Å². The van der Waals surface area contributed by atoms with Crippen molar-refractivity contribution in [1.29, 1.82) is 0 Å². The molecule has 6 heteroatoms. The first kappa shape index (κ1) is 15.7. The first-order valence-corrected chi connectivity index (χ1v) is 6.52. The Hall–Kier alpha value is -1.40. The highest BCUT2D eigenvalue weighted by atomic mass is 16.3. The molecule has 1 heterocycles. The van der Waals surface area contributed by atoms with Gasteiger partial charge < -0.3 is 10.8 Å². The molecule has 0 aliphatic carbocycles. The van der Waals surface area contributed by atoms with Gasteiger partial charge in [-0.1, -0.05) is 0 Å². The Bertz CT molecular complexity index is 440. The van der Waals surface area contributed by atoms with Gasteiger partial charge >= 0.3 is 0 Å². The number of nitrogens with two attached hydrogens (primary N) is 1. The molecule has 0 aromatic carbocycles. The molecule has 0 aliphatic rings. The minimum absolute atomic E-state index is 0.0661. The number of carbonyl (C=O) groups excluding carboxylic acids is 1. The van der Waals surface area contributed by atoms with Crippen LogP contribution in [0.1, 0.15) is 30.8 Å². The van der Waals surface area contributed by atoms with Gasteiger partial charge in [-0.05, 0) is 27.7 Å². The summed E-state index contributed by atoms with van der Waals surface area (Å²) in [5.74, 6) is -0.327. The van der Waals surface area contributed by atoms with Crippen LogP contribution in [0.4, 0.5) is 0 Å². The first-order valence-electron chi connectivity index (χ1n) is 6.52. The van der Waals surface area contributed by atoms with Gasteiger partial charge in [0.25, 0.3) is 0 Å². The third-order valence-electron chi connectivity index (χ3n) is 3.29. The molecule has 0 fully saturated rings. The molecule has 0 spiro atoms. The van der Waals surface area contributed by atoms with E-state index in [0.717, 1.165) is 17.0 Å². The Morgan fingerprint density at radius 1 is 1.47 bits per heavy atom. The normalized spacial score (nSPS) is 11.5. The fraction of sp³-hybridized carbons (Fsp3) is 0.692. The maximum absolute atomic E-state index is 11.1. The van der Waals surface area contributed by atoms with Gasteiger partial charge in [-0.25, -0.2) is 0 Å². The summed E-state index contributed by atoms with van der Waals surface area (Å²) < 4.78 is 1.80. The van der Waals surface area contributed by atoms with Gasteiger partial charge in [-0.2, -0.15) is 5.10 Å². The van der Waals surface area contributed by atoms with Gasteiger partial charge in [-0.15, -0.1) is 0 Å². The van der Waals surface area contributed by atoms with E-state index in [1.165, 1.54) is 0 Å². The summed E-state index contributed by atoms with van der Waals surface area (Å²) in [7, 11) is 0. The molecule has 0 atom stereocenters. The molecule has 6 nitrogen and oxygen atoms in total. The molecule has 0 saturated heterocycles. The third kappa shape index (κ3) is 4.04. The van der Waals surface area contributed by atoms with Crippen molar-refractivity contribution < 1.29 is 9.90 Å². The Labute approximate surface area is 114 Å². The number of aliphatic hydroxyl groups excluding tert-OH is 1. The first-order chi connectivity index (χ1) is 8.86. The van der Waals surface area contributed by atoms with E-state index in [2.05, 4.69) is 5.10 Å². The Balaban J connectivity index is 2.93. The van der Waals surface area contributed by atoms with E-state index in [4.69, 9.17) is 10.8 Å². The summed E-state index contributed by atoms with van der Waals surface area (Å²) in [5, 5.41) is 13.4. The van der Waals surface area contributed by atoms with E-state index in [9.17, 15) is 4.79 Å². The second-order valence-electron chi connectivity index (χ2n) is 5.06. The summed E-state index contributed by atoms with van der Waals surface area (Å²) in [6.45, 7) is 9.43. The van der Waals surface area contributed by atoms with Gasteiger partial charge in [0.1, 0.15) is 0 Å². The molecule has 1 aromatic heterocycles. The van der Waals surface area contributed by atoms with Crippen LogP contribution in [0.15, 0.2) is 0 Å². The average molecular weight is 268 g/mol. The maximum atomic E-state index is 11.1. The van der Waals surface area contributed by atoms with Crippen molar-refractivity contribution in [2.45, 2.75) is 46.8 Å². The Morgan fingerprint density at radius 2 is 2.11 bits per heavy atom. The molecule has 0 bridgehead atoms. The van der Waals surface area contributed by atoms with Crippen LogP contribution in [0.3, 0.4) is 0 Å².